The maximum absolute atomic E-state index is 14.6. The van der Waals surface area contributed by atoms with Crippen molar-refractivity contribution in [3.05, 3.63) is 63.2 Å². The van der Waals surface area contributed by atoms with Crippen molar-refractivity contribution in [2.24, 2.45) is 0 Å². The normalized spacial score (nSPS) is 14.4. The SMILES string of the molecule is O=C(Nc1nc(-c2ccc(F)cc2F)nc2c1cnn2C1CCCCC1)c1ccc([N+](=O)[O-])s1. The maximum atomic E-state index is 14.6. The van der Waals surface area contributed by atoms with E-state index in [0.29, 0.717) is 11.0 Å². The van der Waals surface area contributed by atoms with Gasteiger partial charge < -0.3 is 5.32 Å². The average molecular weight is 484 g/mol. The molecule has 1 amide bonds. The quantitative estimate of drug-likeness (QED) is 0.295. The van der Waals surface area contributed by atoms with Crippen LogP contribution >= 0.6 is 11.3 Å². The molecule has 9 nitrogen and oxygen atoms in total. The van der Waals surface area contributed by atoms with E-state index in [2.05, 4.69) is 20.4 Å². The third kappa shape index (κ3) is 4.12. The third-order valence-electron chi connectivity index (χ3n) is 5.77. The molecular weight excluding hydrogens is 466 g/mol. The van der Waals surface area contributed by atoms with Crippen LogP contribution in [0.25, 0.3) is 22.4 Å². The van der Waals surface area contributed by atoms with Crippen LogP contribution in [-0.2, 0) is 0 Å². The summed E-state index contributed by atoms with van der Waals surface area (Å²) in [6.45, 7) is 0. The number of fused-ring (bicyclic) bond motifs is 1. The molecule has 0 saturated heterocycles. The minimum atomic E-state index is -0.839. The molecule has 0 unspecified atom stereocenters. The zero-order valence-electron chi connectivity index (χ0n) is 17.7. The molecular formula is C22H18F2N6O3S. The summed E-state index contributed by atoms with van der Waals surface area (Å²) >= 11 is 0.729. The largest absolute Gasteiger partial charge is 0.324 e. The molecule has 0 atom stereocenters. The van der Waals surface area contributed by atoms with Crippen LogP contribution < -0.4 is 5.32 Å². The fourth-order valence-electron chi connectivity index (χ4n) is 4.12. The second kappa shape index (κ2) is 8.86. The molecule has 1 aliphatic carbocycles. The lowest BCUT2D eigenvalue weighted by atomic mass is 9.96. The minimum absolute atomic E-state index is 0.0260. The van der Waals surface area contributed by atoms with Crippen molar-refractivity contribution >= 4 is 39.1 Å². The predicted octanol–water partition coefficient (Wildman–Crippen LogP) is 5.50. The molecule has 1 aliphatic rings. The topological polar surface area (TPSA) is 116 Å². The number of benzene rings is 1. The van der Waals surface area contributed by atoms with E-state index in [4.69, 9.17) is 0 Å². The Morgan fingerprint density at radius 3 is 2.65 bits per heavy atom. The number of thiophene rings is 1. The standard InChI is InChI=1S/C22H18F2N6O3S/c23-12-6-7-14(16(24)10-12)19-26-20(28-22(31)17-8-9-18(34-17)30(32)33)15-11-25-29(21(15)27-19)13-4-2-1-3-5-13/h6-11,13H,1-5H2,(H,26,27,28,31). The number of rotatable bonds is 5. The zero-order chi connectivity index (χ0) is 23.8. The first-order chi connectivity index (χ1) is 16.4. The van der Waals surface area contributed by atoms with Gasteiger partial charge in [0, 0.05) is 12.1 Å². The number of hydrogen-bond donors (Lipinski definition) is 1. The van der Waals surface area contributed by atoms with Crippen LogP contribution in [0.5, 0.6) is 0 Å². The van der Waals surface area contributed by atoms with Crippen LogP contribution in [0.3, 0.4) is 0 Å². The molecule has 34 heavy (non-hydrogen) atoms. The first-order valence-electron chi connectivity index (χ1n) is 10.7. The maximum Gasteiger partial charge on any atom is 0.324 e. The van der Waals surface area contributed by atoms with E-state index in [0.717, 1.165) is 55.6 Å². The number of amides is 1. The lowest BCUT2D eigenvalue weighted by Gasteiger charge is -2.22. The fraction of sp³-hybridized carbons (Fsp3) is 0.273. The first-order valence-corrected chi connectivity index (χ1v) is 11.5. The van der Waals surface area contributed by atoms with E-state index in [1.54, 1.807) is 10.9 Å². The van der Waals surface area contributed by atoms with Gasteiger partial charge in [0.1, 0.15) is 17.5 Å². The van der Waals surface area contributed by atoms with Crippen molar-refractivity contribution < 1.29 is 18.5 Å². The van der Waals surface area contributed by atoms with Crippen molar-refractivity contribution in [2.75, 3.05) is 5.32 Å². The summed E-state index contributed by atoms with van der Waals surface area (Å²) in [7, 11) is 0. The Morgan fingerprint density at radius 2 is 1.94 bits per heavy atom. The van der Waals surface area contributed by atoms with Crippen LogP contribution in [0.2, 0.25) is 0 Å². The number of carbonyl (C=O) groups is 1. The van der Waals surface area contributed by atoms with Gasteiger partial charge >= 0.3 is 5.00 Å². The highest BCUT2D eigenvalue weighted by Crippen LogP contribution is 2.33. The van der Waals surface area contributed by atoms with Gasteiger partial charge in [-0.15, -0.1) is 0 Å². The summed E-state index contributed by atoms with van der Waals surface area (Å²) in [6, 6.07) is 5.78. The zero-order valence-corrected chi connectivity index (χ0v) is 18.5. The number of nitro groups is 1. The number of hydrogen-bond acceptors (Lipinski definition) is 7. The minimum Gasteiger partial charge on any atom is -0.305 e. The summed E-state index contributed by atoms with van der Waals surface area (Å²) in [6.07, 6.45) is 6.63. The highest BCUT2D eigenvalue weighted by atomic mass is 32.1. The molecule has 0 bridgehead atoms. The molecule has 0 aliphatic heterocycles. The number of carbonyl (C=O) groups excluding carboxylic acids is 1. The van der Waals surface area contributed by atoms with Gasteiger partial charge in [-0.25, -0.2) is 23.4 Å². The van der Waals surface area contributed by atoms with Crippen molar-refractivity contribution in [3.8, 4) is 11.4 Å². The second-order valence-electron chi connectivity index (χ2n) is 7.99. The van der Waals surface area contributed by atoms with E-state index in [1.807, 2.05) is 0 Å². The number of nitrogens with one attached hydrogen (secondary N) is 1. The molecule has 174 valence electrons. The van der Waals surface area contributed by atoms with Crippen LogP contribution in [0.15, 0.2) is 36.5 Å². The van der Waals surface area contributed by atoms with Crippen LogP contribution in [0, 0.1) is 21.7 Å². The Balaban J connectivity index is 1.60. The predicted molar refractivity (Wildman–Crippen MR) is 122 cm³/mol. The number of nitrogens with zero attached hydrogens (tertiary/aromatic N) is 5. The van der Waals surface area contributed by atoms with Crippen LogP contribution in [0.4, 0.5) is 19.6 Å². The van der Waals surface area contributed by atoms with E-state index in [1.165, 1.54) is 18.2 Å². The summed E-state index contributed by atoms with van der Waals surface area (Å²) < 4.78 is 29.8. The van der Waals surface area contributed by atoms with E-state index < -0.39 is 22.5 Å². The Labute approximate surface area is 195 Å². The summed E-state index contributed by atoms with van der Waals surface area (Å²) in [5.74, 6) is -2.12. The molecule has 4 aromatic rings. The van der Waals surface area contributed by atoms with E-state index in [9.17, 15) is 23.7 Å². The van der Waals surface area contributed by atoms with Gasteiger partial charge in [-0.3, -0.25) is 14.9 Å². The molecule has 1 fully saturated rings. The monoisotopic (exact) mass is 484 g/mol. The van der Waals surface area contributed by atoms with Crippen molar-refractivity contribution in [2.45, 2.75) is 38.1 Å². The van der Waals surface area contributed by atoms with Crippen molar-refractivity contribution in [1.82, 2.24) is 19.7 Å². The van der Waals surface area contributed by atoms with Gasteiger partial charge in [0.05, 0.1) is 33.0 Å². The van der Waals surface area contributed by atoms with Gasteiger partial charge in [0.2, 0.25) is 0 Å². The fourth-order valence-corrected chi connectivity index (χ4v) is 4.84. The summed E-state index contributed by atoms with van der Waals surface area (Å²) in [5.41, 5.74) is 0.398. The average Bonchev–Trinajstić information content (AvgIpc) is 3.48. The van der Waals surface area contributed by atoms with Crippen LogP contribution in [-0.4, -0.2) is 30.6 Å². The highest BCUT2D eigenvalue weighted by Gasteiger charge is 2.24. The number of aromatic nitrogens is 4. The number of anilines is 1. The molecule has 1 saturated carbocycles. The molecule has 12 heteroatoms. The molecule has 3 aromatic heterocycles. The van der Waals surface area contributed by atoms with Gasteiger partial charge in [0.25, 0.3) is 5.91 Å². The number of halogens is 2. The lowest BCUT2D eigenvalue weighted by Crippen LogP contribution is -2.16. The second-order valence-corrected chi connectivity index (χ2v) is 9.05. The molecule has 0 spiro atoms. The Kier molecular flexibility index (Phi) is 5.74. The van der Waals surface area contributed by atoms with E-state index in [-0.39, 0.29) is 33.1 Å². The molecule has 3 heterocycles. The van der Waals surface area contributed by atoms with Crippen LogP contribution in [0.1, 0.15) is 47.8 Å². The van der Waals surface area contributed by atoms with Crippen molar-refractivity contribution in [3.63, 3.8) is 0 Å². The highest BCUT2D eigenvalue weighted by molar-refractivity contribution is 7.17. The first kappa shape index (κ1) is 22.0. The Hall–Kier alpha value is -3.80. The summed E-state index contributed by atoms with van der Waals surface area (Å²) in [4.78, 5) is 32.2. The molecule has 1 aromatic carbocycles. The van der Waals surface area contributed by atoms with E-state index >= 15 is 0 Å². The molecule has 0 radical (unpaired) electrons. The molecule has 5 rings (SSSR count). The smallest absolute Gasteiger partial charge is 0.305 e. The van der Waals surface area contributed by atoms with Gasteiger partial charge in [0.15, 0.2) is 11.5 Å². The van der Waals surface area contributed by atoms with Gasteiger partial charge in [-0.05, 0) is 31.0 Å². The summed E-state index contributed by atoms with van der Waals surface area (Å²) in [5, 5.41) is 18.4. The Morgan fingerprint density at radius 1 is 1.15 bits per heavy atom. The lowest BCUT2D eigenvalue weighted by molar-refractivity contribution is -0.380. The van der Waals surface area contributed by atoms with Crippen molar-refractivity contribution in [1.29, 1.82) is 0 Å². The van der Waals surface area contributed by atoms with Gasteiger partial charge in [-0.2, -0.15) is 5.10 Å². The molecule has 1 N–H and O–H groups in total. The van der Waals surface area contributed by atoms with Gasteiger partial charge in [-0.1, -0.05) is 30.6 Å². The Bertz CT molecular complexity index is 1410. The third-order valence-corrected chi connectivity index (χ3v) is 6.81.